The third-order valence-corrected chi connectivity index (χ3v) is 6.60. The highest BCUT2D eigenvalue weighted by Crippen LogP contribution is 2.31. The van der Waals surface area contributed by atoms with E-state index in [0.29, 0.717) is 52.3 Å². The fraction of sp³-hybridized carbons (Fsp3) is 0.640. The van der Waals surface area contributed by atoms with Crippen molar-refractivity contribution in [3.63, 3.8) is 0 Å². The van der Waals surface area contributed by atoms with Crippen LogP contribution in [0.15, 0.2) is 24.4 Å². The zero-order chi connectivity index (χ0) is 24.8. The summed E-state index contributed by atoms with van der Waals surface area (Å²) in [4.78, 5) is 17.0. The van der Waals surface area contributed by atoms with Crippen molar-refractivity contribution < 1.29 is 24.1 Å². The van der Waals surface area contributed by atoms with E-state index in [-0.39, 0.29) is 30.6 Å². The Morgan fingerprint density at radius 3 is 2.86 bits per heavy atom. The van der Waals surface area contributed by atoms with E-state index >= 15 is 0 Å². The largest absolute Gasteiger partial charge is 0.486 e. The summed E-state index contributed by atoms with van der Waals surface area (Å²) >= 11 is 0. The molecule has 192 valence electrons. The van der Waals surface area contributed by atoms with Gasteiger partial charge >= 0.3 is 0 Å². The Labute approximate surface area is 206 Å². The number of aliphatic hydroxyl groups is 1. The molecule has 1 N–H and O–H groups in total. The molecular weight excluding hydrogens is 450 g/mol. The zero-order valence-electron chi connectivity index (χ0n) is 20.9. The first-order valence-electron chi connectivity index (χ1n) is 12.4. The molecule has 1 aromatic heterocycles. The van der Waals surface area contributed by atoms with E-state index < -0.39 is 0 Å². The van der Waals surface area contributed by atoms with Crippen LogP contribution in [-0.2, 0) is 29.2 Å². The Morgan fingerprint density at radius 2 is 2.06 bits per heavy atom. The van der Waals surface area contributed by atoms with Crippen LogP contribution in [0.3, 0.4) is 0 Å². The van der Waals surface area contributed by atoms with Gasteiger partial charge in [0.05, 0.1) is 31.6 Å². The van der Waals surface area contributed by atoms with Gasteiger partial charge in [-0.15, -0.1) is 5.10 Å². The maximum atomic E-state index is 13.0. The van der Waals surface area contributed by atoms with Crippen molar-refractivity contribution in [3.05, 3.63) is 35.7 Å². The van der Waals surface area contributed by atoms with Crippen LogP contribution < -0.4 is 9.47 Å². The molecule has 1 aromatic carbocycles. The molecule has 0 radical (unpaired) electrons. The third kappa shape index (κ3) is 6.71. The second-order valence-electron chi connectivity index (χ2n) is 9.66. The van der Waals surface area contributed by atoms with Gasteiger partial charge < -0.3 is 24.2 Å². The van der Waals surface area contributed by atoms with Crippen molar-refractivity contribution in [1.29, 1.82) is 0 Å². The average molecular weight is 488 g/mol. The lowest BCUT2D eigenvalue weighted by Crippen LogP contribution is -2.47. The molecule has 0 saturated heterocycles. The molecule has 0 aliphatic carbocycles. The summed E-state index contributed by atoms with van der Waals surface area (Å²) in [5.74, 6) is 1.66. The fourth-order valence-corrected chi connectivity index (χ4v) is 4.56. The van der Waals surface area contributed by atoms with Crippen LogP contribution in [0, 0.1) is 5.92 Å². The molecule has 35 heavy (non-hydrogen) atoms. The van der Waals surface area contributed by atoms with Crippen molar-refractivity contribution in [3.8, 4) is 11.5 Å². The number of hydrogen-bond donors (Lipinski definition) is 1. The molecule has 10 heteroatoms. The number of carbonyl (C=O) groups is 1. The van der Waals surface area contributed by atoms with Gasteiger partial charge in [-0.05, 0) is 38.1 Å². The lowest BCUT2D eigenvalue weighted by Gasteiger charge is -2.35. The quantitative estimate of drug-likeness (QED) is 0.657. The minimum atomic E-state index is -0.247. The van der Waals surface area contributed by atoms with Crippen molar-refractivity contribution in [1.82, 2.24) is 24.8 Å². The number of aryl methyl sites for hydroxylation is 1. The smallest absolute Gasteiger partial charge is 0.222 e. The highest BCUT2D eigenvalue weighted by atomic mass is 16.6. The standard InChI is InChI=1S/C25H37N5O5/c1-18-12-30(19(2)16-31)25(32)5-4-8-29-14-21(26-27-29)17-35-24(18)15-28(3)13-20-6-7-22-23(11-20)34-10-9-33-22/h6-7,11,14,18-19,24,31H,4-5,8-10,12-13,15-17H2,1-3H3/t18-,19+,24+/m1/s1. The van der Waals surface area contributed by atoms with E-state index in [9.17, 15) is 9.90 Å². The van der Waals surface area contributed by atoms with E-state index in [1.165, 1.54) is 0 Å². The SMILES string of the molecule is C[C@@H]1CN([C@@H](C)CO)C(=O)CCCn2cc(nn2)CO[C@H]1CN(C)Cc1ccc2c(c1)OCCO2. The normalized spacial score (nSPS) is 22.3. The van der Waals surface area contributed by atoms with E-state index in [2.05, 4.69) is 35.2 Å². The topological polar surface area (TPSA) is 102 Å². The number of likely N-dealkylation sites (N-methyl/N-ethyl adjacent to an activating group) is 1. The van der Waals surface area contributed by atoms with Crippen molar-refractivity contribution >= 4 is 5.91 Å². The molecule has 2 aromatic rings. The average Bonchev–Trinajstić information content (AvgIpc) is 3.31. The second kappa shape index (κ2) is 11.8. The van der Waals surface area contributed by atoms with Crippen LogP contribution in [0.5, 0.6) is 11.5 Å². The number of fused-ring (bicyclic) bond motifs is 3. The van der Waals surface area contributed by atoms with E-state index in [1.54, 1.807) is 9.58 Å². The number of hydrogen-bond acceptors (Lipinski definition) is 8. The highest BCUT2D eigenvalue weighted by molar-refractivity contribution is 5.76. The minimum Gasteiger partial charge on any atom is -0.486 e. The van der Waals surface area contributed by atoms with E-state index in [4.69, 9.17) is 14.2 Å². The molecular formula is C25H37N5O5. The Morgan fingerprint density at radius 1 is 1.26 bits per heavy atom. The first-order chi connectivity index (χ1) is 16.9. The van der Waals surface area contributed by atoms with Crippen LogP contribution in [0.2, 0.25) is 0 Å². The number of aliphatic hydroxyl groups excluding tert-OH is 1. The fourth-order valence-electron chi connectivity index (χ4n) is 4.56. The number of aromatic nitrogens is 3. The van der Waals surface area contributed by atoms with Crippen molar-refractivity contribution in [2.24, 2.45) is 5.92 Å². The summed E-state index contributed by atoms with van der Waals surface area (Å²) in [6.45, 7) is 7.94. The monoisotopic (exact) mass is 487 g/mol. The Kier molecular flexibility index (Phi) is 8.59. The van der Waals surface area contributed by atoms with Gasteiger partial charge in [0.25, 0.3) is 0 Å². The van der Waals surface area contributed by atoms with Gasteiger partial charge in [-0.25, -0.2) is 0 Å². The molecule has 4 rings (SSSR count). The first kappa shape index (κ1) is 25.4. The predicted octanol–water partition coefficient (Wildman–Crippen LogP) is 1.71. The Bertz CT molecular complexity index is 983. The molecule has 2 bridgehead atoms. The van der Waals surface area contributed by atoms with Crippen LogP contribution in [-0.4, -0.2) is 87.9 Å². The molecule has 10 nitrogen and oxygen atoms in total. The summed E-state index contributed by atoms with van der Waals surface area (Å²) in [6, 6.07) is 5.80. The maximum Gasteiger partial charge on any atom is 0.222 e. The number of ether oxygens (including phenoxy) is 3. The lowest BCUT2D eigenvalue weighted by molar-refractivity contribution is -0.136. The van der Waals surface area contributed by atoms with Gasteiger partial charge in [-0.3, -0.25) is 14.4 Å². The lowest BCUT2D eigenvalue weighted by atomic mass is 10.0. The van der Waals surface area contributed by atoms with Gasteiger partial charge in [-0.2, -0.15) is 0 Å². The van der Waals surface area contributed by atoms with Crippen molar-refractivity contribution in [2.75, 3.05) is 40.0 Å². The number of carbonyl (C=O) groups excluding carboxylic acids is 1. The Balaban J connectivity index is 1.47. The van der Waals surface area contributed by atoms with Crippen LogP contribution in [0.1, 0.15) is 37.9 Å². The summed E-state index contributed by atoms with van der Waals surface area (Å²) < 4.78 is 19.5. The van der Waals surface area contributed by atoms with Gasteiger partial charge in [-0.1, -0.05) is 18.2 Å². The van der Waals surface area contributed by atoms with E-state index in [0.717, 1.165) is 29.3 Å². The molecule has 3 heterocycles. The Hall–Kier alpha value is -2.69. The van der Waals surface area contributed by atoms with Crippen molar-refractivity contribution in [2.45, 2.75) is 58.5 Å². The summed E-state index contributed by atoms with van der Waals surface area (Å²) in [6.07, 6.45) is 2.82. The molecule has 0 saturated carbocycles. The van der Waals surface area contributed by atoms with Gasteiger partial charge in [0.1, 0.15) is 18.9 Å². The molecule has 0 fully saturated rings. The van der Waals surface area contributed by atoms with Gasteiger partial charge in [0, 0.05) is 38.5 Å². The molecule has 0 unspecified atom stereocenters. The number of benzene rings is 1. The second-order valence-corrected chi connectivity index (χ2v) is 9.66. The summed E-state index contributed by atoms with van der Waals surface area (Å²) in [5, 5.41) is 18.2. The zero-order valence-corrected chi connectivity index (χ0v) is 20.9. The highest BCUT2D eigenvalue weighted by Gasteiger charge is 2.28. The molecule has 2 aliphatic heterocycles. The number of nitrogens with zero attached hydrogens (tertiary/aromatic N) is 5. The van der Waals surface area contributed by atoms with Gasteiger partial charge in [0.15, 0.2) is 11.5 Å². The van der Waals surface area contributed by atoms with Crippen LogP contribution in [0.25, 0.3) is 0 Å². The molecule has 1 amide bonds. The maximum absolute atomic E-state index is 13.0. The third-order valence-electron chi connectivity index (χ3n) is 6.60. The summed E-state index contributed by atoms with van der Waals surface area (Å²) in [7, 11) is 2.06. The predicted molar refractivity (Wildman–Crippen MR) is 129 cm³/mol. The van der Waals surface area contributed by atoms with Crippen LogP contribution >= 0.6 is 0 Å². The minimum absolute atomic E-state index is 0.0429. The van der Waals surface area contributed by atoms with E-state index in [1.807, 2.05) is 25.3 Å². The number of amides is 1. The first-order valence-corrected chi connectivity index (χ1v) is 12.4. The molecule has 2 aliphatic rings. The molecule has 0 spiro atoms. The van der Waals surface area contributed by atoms with Crippen LogP contribution in [0.4, 0.5) is 0 Å². The van der Waals surface area contributed by atoms with Gasteiger partial charge in [0.2, 0.25) is 5.91 Å². The molecule has 3 atom stereocenters. The summed E-state index contributed by atoms with van der Waals surface area (Å²) in [5.41, 5.74) is 1.91. The number of rotatable bonds is 6.